The van der Waals surface area contributed by atoms with Crippen LogP contribution in [0.2, 0.25) is 0 Å². The maximum Gasteiger partial charge on any atom is 0.0794 e. The zero-order valence-electron chi connectivity index (χ0n) is 15.6. The maximum absolute atomic E-state index is 11.7. The first-order valence-electron chi connectivity index (χ1n) is 9.95. The molecular weight excluding hydrogens is 340 g/mol. The molecule has 2 aliphatic rings. The third-order valence-electron chi connectivity index (χ3n) is 6.75. The summed E-state index contributed by atoms with van der Waals surface area (Å²) in [5.74, 6) is 1.39. The molecule has 2 N–H and O–H groups in total. The minimum absolute atomic E-state index is 0.0165. The molecule has 0 bridgehead atoms. The van der Waals surface area contributed by atoms with E-state index in [2.05, 4.69) is 43.0 Å². The van der Waals surface area contributed by atoms with Crippen LogP contribution in [0, 0.1) is 17.3 Å². The normalized spacial score (nSPS) is 33.6. The van der Waals surface area contributed by atoms with Crippen molar-refractivity contribution >= 4 is 11.8 Å². The van der Waals surface area contributed by atoms with Crippen molar-refractivity contribution in [3.05, 3.63) is 55.1 Å². The van der Waals surface area contributed by atoms with Crippen LogP contribution in [0.3, 0.4) is 0 Å². The summed E-state index contributed by atoms with van der Waals surface area (Å²) in [6.45, 7) is 4.15. The van der Waals surface area contributed by atoms with Crippen LogP contribution in [0.15, 0.2) is 60.0 Å². The highest BCUT2D eigenvalue weighted by molar-refractivity contribution is 7.99. The Balaban J connectivity index is 1.56. The van der Waals surface area contributed by atoms with Gasteiger partial charge in [0.25, 0.3) is 0 Å². The Kier molecular flexibility index (Phi) is 6.65. The lowest BCUT2D eigenvalue weighted by atomic mass is 9.67. The third kappa shape index (κ3) is 3.67. The van der Waals surface area contributed by atoms with Crippen LogP contribution in [0.5, 0.6) is 0 Å². The predicted octanol–water partition coefficient (Wildman–Crippen LogP) is 5.22. The van der Waals surface area contributed by atoms with E-state index in [0.717, 1.165) is 44.3 Å². The van der Waals surface area contributed by atoms with Crippen LogP contribution in [-0.2, 0) is 0 Å². The monoisotopic (exact) mass is 372 g/mol. The van der Waals surface area contributed by atoms with Gasteiger partial charge < -0.3 is 10.2 Å². The minimum atomic E-state index is -0.663. The van der Waals surface area contributed by atoms with Crippen LogP contribution in [0.1, 0.15) is 44.9 Å². The molecule has 3 rings (SSSR count). The summed E-state index contributed by atoms with van der Waals surface area (Å²) >= 11 is 1.85. The summed E-state index contributed by atoms with van der Waals surface area (Å²) in [7, 11) is 0. The molecule has 2 saturated carbocycles. The van der Waals surface area contributed by atoms with Crippen LogP contribution in [-0.4, -0.2) is 28.2 Å². The summed E-state index contributed by atoms with van der Waals surface area (Å²) in [4.78, 5) is 1.30. The molecule has 26 heavy (non-hydrogen) atoms. The third-order valence-corrected chi connectivity index (χ3v) is 7.71. The SMILES string of the molecule is C=CC1CC[C@]2(CC/C=C/CSc3ccccc3)CCC(CCO)[C@]12O. The van der Waals surface area contributed by atoms with E-state index in [-0.39, 0.29) is 23.9 Å². The number of hydrogen-bond donors (Lipinski definition) is 2. The Hall–Kier alpha value is -1.03. The first kappa shape index (κ1) is 19.7. The number of hydrogen-bond acceptors (Lipinski definition) is 3. The first-order valence-corrected chi connectivity index (χ1v) is 10.9. The standard InChI is InChI=1S/C23H32O2S/c1-2-19-11-15-22(16-12-20(13-17-24)23(19,22)25)14-7-4-8-18-26-21-9-5-3-6-10-21/h2-6,8-10,19-20,24-25H,1,7,11-18H2/b8-4+/t19?,20?,22-,23-/m1/s1. The van der Waals surface area contributed by atoms with Crippen molar-refractivity contribution in [2.45, 2.75) is 55.4 Å². The first-order chi connectivity index (χ1) is 12.7. The number of allylic oxidation sites excluding steroid dienone is 1. The average Bonchev–Trinajstić information content (AvgIpc) is 3.09. The number of rotatable bonds is 9. The second-order valence-corrected chi connectivity index (χ2v) is 8.96. The van der Waals surface area contributed by atoms with Crippen molar-refractivity contribution in [3.63, 3.8) is 0 Å². The van der Waals surface area contributed by atoms with E-state index in [1.807, 2.05) is 23.9 Å². The lowest BCUT2D eigenvalue weighted by Crippen LogP contribution is -2.48. The van der Waals surface area contributed by atoms with Crippen molar-refractivity contribution < 1.29 is 10.2 Å². The second-order valence-electron chi connectivity index (χ2n) is 7.87. The van der Waals surface area contributed by atoms with E-state index in [0.29, 0.717) is 6.42 Å². The quantitative estimate of drug-likeness (QED) is 0.461. The molecular formula is C23H32O2S. The molecule has 0 heterocycles. The van der Waals surface area contributed by atoms with Gasteiger partial charge in [-0.2, -0.15) is 0 Å². The Morgan fingerprint density at radius 3 is 2.65 bits per heavy atom. The summed E-state index contributed by atoms with van der Waals surface area (Å²) < 4.78 is 0. The molecule has 0 aliphatic heterocycles. The molecule has 2 unspecified atom stereocenters. The minimum Gasteiger partial charge on any atom is -0.396 e. The number of aliphatic hydroxyl groups excluding tert-OH is 1. The molecule has 0 radical (unpaired) electrons. The smallest absolute Gasteiger partial charge is 0.0794 e. The van der Waals surface area contributed by atoms with E-state index >= 15 is 0 Å². The van der Waals surface area contributed by atoms with Crippen molar-refractivity contribution in [2.75, 3.05) is 12.4 Å². The Morgan fingerprint density at radius 2 is 1.92 bits per heavy atom. The van der Waals surface area contributed by atoms with Gasteiger partial charge in [-0.15, -0.1) is 18.3 Å². The van der Waals surface area contributed by atoms with Crippen LogP contribution in [0.25, 0.3) is 0 Å². The average molecular weight is 373 g/mol. The van der Waals surface area contributed by atoms with Crippen molar-refractivity contribution in [1.29, 1.82) is 0 Å². The van der Waals surface area contributed by atoms with Gasteiger partial charge in [-0.25, -0.2) is 0 Å². The Morgan fingerprint density at radius 1 is 1.15 bits per heavy atom. The van der Waals surface area contributed by atoms with E-state index in [1.54, 1.807) is 0 Å². The fraction of sp³-hybridized carbons (Fsp3) is 0.565. The molecule has 0 aromatic heterocycles. The molecule has 2 nitrogen and oxygen atoms in total. The topological polar surface area (TPSA) is 40.5 Å². The van der Waals surface area contributed by atoms with Crippen molar-refractivity contribution in [3.8, 4) is 0 Å². The molecule has 2 fully saturated rings. The lowest BCUT2D eigenvalue weighted by molar-refractivity contribution is -0.0970. The summed E-state index contributed by atoms with van der Waals surface area (Å²) in [6, 6.07) is 10.5. The van der Waals surface area contributed by atoms with E-state index in [4.69, 9.17) is 0 Å². The zero-order valence-corrected chi connectivity index (χ0v) is 16.5. The van der Waals surface area contributed by atoms with Crippen molar-refractivity contribution in [2.24, 2.45) is 17.3 Å². The van der Waals surface area contributed by atoms with Gasteiger partial charge in [0.1, 0.15) is 0 Å². The van der Waals surface area contributed by atoms with Crippen LogP contribution >= 0.6 is 11.8 Å². The fourth-order valence-electron chi connectivity index (χ4n) is 5.45. The molecule has 0 spiro atoms. The Bertz CT molecular complexity index is 614. The second kappa shape index (κ2) is 8.77. The predicted molar refractivity (Wildman–Crippen MR) is 110 cm³/mol. The molecule has 142 valence electrons. The van der Waals surface area contributed by atoms with Gasteiger partial charge in [-0.05, 0) is 63.0 Å². The number of aliphatic hydroxyl groups is 2. The molecule has 2 aliphatic carbocycles. The van der Waals surface area contributed by atoms with Gasteiger partial charge in [0.2, 0.25) is 0 Å². The van der Waals surface area contributed by atoms with Crippen molar-refractivity contribution in [1.82, 2.24) is 0 Å². The largest absolute Gasteiger partial charge is 0.396 e. The fourth-order valence-corrected chi connectivity index (χ4v) is 6.23. The molecule has 1 aromatic rings. The molecule has 3 heteroatoms. The summed E-state index contributed by atoms with van der Waals surface area (Å²) in [5, 5.41) is 21.1. The zero-order chi connectivity index (χ0) is 18.5. The van der Waals surface area contributed by atoms with Gasteiger partial charge in [0, 0.05) is 28.6 Å². The van der Waals surface area contributed by atoms with Gasteiger partial charge in [-0.3, -0.25) is 0 Å². The molecule has 1 aromatic carbocycles. The summed E-state index contributed by atoms with van der Waals surface area (Å²) in [5.41, 5.74) is -0.646. The highest BCUT2D eigenvalue weighted by Gasteiger charge is 2.64. The van der Waals surface area contributed by atoms with Gasteiger partial charge in [0.15, 0.2) is 0 Å². The van der Waals surface area contributed by atoms with E-state index < -0.39 is 5.60 Å². The highest BCUT2D eigenvalue weighted by atomic mass is 32.2. The van der Waals surface area contributed by atoms with E-state index in [1.165, 1.54) is 4.90 Å². The van der Waals surface area contributed by atoms with Crippen LogP contribution < -0.4 is 0 Å². The van der Waals surface area contributed by atoms with Gasteiger partial charge in [0.05, 0.1) is 5.60 Å². The lowest BCUT2D eigenvalue weighted by Gasteiger charge is -2.43. The number of benzene rings is 1. The van der Waals surface area contributed by atoms with Crippen LogP contribution in [0.4, 0.5) is 0 Å². The highest BCUT2D eigenvalue weighted by Crippen LogP contribution is 2.65. The maximum atomic E-state index is 11.7. The molecule has 0 saturated heterocycles. The number of thioether (sulfide) groups is 1. The molecule has 0 amide bonds. The molecule has 4 atom stereocenters. The summed E-state index contributed by atoms with van der Waals surface area (Å²) in [6.07, 6.45) is 13.5. The Labute approximate surface area is 162 Å². The van der Waals surface area contributed by atoms with Gasteiger partial charge >= 0.3 is 0 Å². The number of fused-ring (bicyclic) bond motifs is 1. The van der Waals surface area contributed by atoms with Gasteiger partial charge in [-0.1, -0.05) is 36.4 Å². The van der Waals surface area contributed by atoms with E-state index in [9.17, 15) is 10.2 Å².